The Morgan fingerprint density at radius 1 is 1.13 bits per heavy atom. The van der Waals surface area contributed by atoms with E-state index in [9.17, 15) is 14.9 Å². The molecule has 0 saturated carbocycles. The van der Waals surface area contributed by atoms with Crippen LogP contribution in [0.5, 0.6) is 0 Å². The molecule has 0 spiro atoms. The SMILES string of the molecule is N#C/C(=C\c1ccc(Cl)cc1)C(=O)Nc1ccccc1C(N)=O. The molecule has 3 N–H and O–H groups in total. The van der Waals surface area contributed by atoms with Crippen molar-refractivity contribution < 1.29 is 9.59 Å². The Labute approximate surface area is 138 Å². The maximum absolute atomic E-state index is 12.2. The van der Waals surface area contributed by atoms with Crippen molar-refractivity contribution in [1.29, 1.82) is 5.26 Å². The lowest BCUT2D eigenvalue weighted by Crippen LogP contribution is -2.19. The van der Waals surface area contributed by atoms with Gasteiger partial charge in [0, 0.05) is 5.02 Å². The van der Waals surface area contributed by atoms with Gasteiger partial charge in [-0.1, -0.05) is 35.9 Å². The Hall–Kier alpha value is -3.10. The van der Waals surface area contributed by atoms with Crippen LogP contribution in [0.25, 0.3) is 6.08 Å². The Kier molecular flexibility index (Phi) is 5.13. The third-order valence-corrected chi connectivity index (χ3v) is 3.24. The largest absolute Gasteiger partial charge is 0.366 e. The Morgan fingerprint density at radius 3 is 2.39 bits per heavy atom. The molecule has 0 unspecified atom stereocenters. The van der Waals surface area contributed by atoms with Crippen LogP contribution in [-0.2, 0) is 4.79 Å². The van der Waals surface area contributed by atoms with Gasteiger partial charge in [-0.05, 0) is 35.9 Å². The molecular formula is C17H12ClN3O2. The second kappa shape index (κ2) is 7.25. The van der Waals surface area contributed by atoms with Crippen LogP contribution in [0.1, 0.15) is 15.9 Å². The number of nitriles is 1. The molecule has 0 aliphatic carbocycles. The van der Waals surface area contributed by atoms with Crippen molar-refractivity contribution in [2.45, 2.75) is 0 Å². The zero-order valence-corrected chi connectivity index (χ0v) is 12.7. The van der Waals surface area contributed by atoms with Gasteiger partial charge in [0.2, 0.25) is 0 Å². The number of hydrogen-bond donors (Lipinski definition) is 2. The van der Waals surface area contributed by atoms with Gasteiger partial charge in [0.1, 0.15) is 11.6 Å². The number of nitrogens with two attached hydrogens (primary N) is 1. The number of amides is 2. The summed E-state index contributed by atoms with van der Waals surface area (Å²) in [5.74, 6) is -1.29. The van der Waals surface area contributed by atoms with E-state index in [1.807, 2.05) is 6.07 Å². The van der Waals surface area contributed by atoms with Crippen LogP contribution in [-0.4, -0.2) is 11.8 Å². The highest BCUT2D eigenvalue weighted by molar-refractivity contribution is 6.30. The van der Waals surface area contributed by atoms with Crippen molar-refractivity contribution in [1.82, 2.24) is 0 Å². The van der Waals surface area contributed by atoms with Gasteiger partial charge in [-0.2, -0.15) is 5.26 Å². The number of carbonyl (C=O) groups excluding carboxylic acids is 2. The highest BCUT2D eigenvalue weighted by Crippen LogP contribution is 2.17. The van der Waals surface area contributed by atoms with Crippen molar-refractivity contribution in [3.05, 3.63) is 70.3 Å². The zero-order valence-electron chi connectivity index (χ0n) is 11.9. The van der Waals surface area contributed by atoms with Crippen LogP contribution in [0.3, 0.4) is 0 Å². The van der Waals surface area contributed by atoms with Gasteiger partial charge in [0.25, 0.3) is 11.8 Å². The first-order valence-corrected chi connectivity index (χ1v) is 6.96. The predicted molar refractivity (Wildman–Crippen MR) is 88.6 cm³/mol. The van der Waals surface area contributed by atoms with E-state index >= 15 is 0 Å². The van der Waals surface area contributed by atoms with E-state index in [1.165, 1.54) is 18.2 Å². The lowest BCUT2D eigenvalue weighted by atomic mass is 10.1. The number of halogens is 1. The molecule has 114 valence electrons. The third-order valence-electron chi connectivity index (χ3n) is 2.99. The summed E-state index contributed by atoms with van der Waals surface area (Å²) in [6.07, 6.45) is 1.43. The van der Waals surface area contributed by atoms with Gasteiger partial charge in [-0.15, -0.1) is 0 Å². The summed E-state index contributed by atoms with van der Waals surface area (Å²) in [4.78, 5) is 23.6. The van der Waals surface area contributed by atoms with E-state index in [0.717, 1.165) is 0 Å². The van der Waals surface area contributed by atoms with Crippen LogP contribution in [0.15, 0.2) is 54.1 Å². The molecule has 0 bridgehead atoms. The zero-order chi connectivity index (χ0) is 16.8. The van der Waals surface area contributed by atoms with Crippen LogP contribution >= 0.6 is 11.6 Å². The molecule has 0 saturated heterocycles. The average molecular weight is 326 g/mol. The van der Waals surface area contributed by atoms with E-state index in [1.54, 1.807) is 36.4 Å². The topological polar surface area (TPSA) is 96.0 Å². The molecule has 2 aromatic carbocycles. The molecule has 0 heterocycles. The molecule has 23 heavy (non-hydrogen) atoms. The Bertz CT molecular complexity index is 820. The van der Waals surface area contributed by atoms with E-state index in [-0.39, 0.29) is 16.8 Å². The molecule has 0 aliphatic rings. The Balaban J connectivity index is 2.27. The highest BCUT2D eigenvalue weighted by atomic mass is 35.5. The fourth-order valence-corrected chi connectivity index (χ4v) is 2.00. The molecule has 6 heteroatoms. The number of rotatable bonds is 4. The van der Waals surface area contributed by atoms with E-state index < -0.39 is 11.8 Å². The Morgan fingerprint density at radius 2 is 1.78 bits per heavy atom. The monoisotopic (exact) mass is 325 g/mol. The van der Waals surface area contributed by atoms with E-state index in [4.69, 9.17) is 17.3 Å². The highest BCUT2D eigenvalue weighted by Gasteiger charge is 2.13. The van der Waals surface area contributed by atoms with Crippen LogP contribution in [0.2, 0.25) is 5.02 Å². The fraction of sp³-hybridized carbons (Fsp3) is 0. The summed E-state index contributed by atoms with van der Waals surface area (Å²) >= 11 is 5.79. The third kappa shape index (κ3) is 4.19. The summed E-state index contributed by atoms with van der Waals surface area (Å²) in [6, 6.07) is 14.8. The maximum Gasteiger partial charge on any atom is 0.266 e. The second-order valence-electron chi connectivity index (χ2n) is 4.59. The molecular weight excluding hydrogens is 314 g/mol. The average Bonchev–Trinajstić information content (AvgIpc) is 2.54. The van der Waals surface area contributed by atoms with Crippen LogP contribution in [0, 0.1) is 11.3 Å². The standard InChI is InChI=1S/C17H12ClN3O2/c18-13-7-5-11(6-8-13)9-12(10-19)17(23)21-15-4-2-1-3-14(15)16(20)22/h1-9H,(H2,20,22)(H,21,23)/b12-9+. The minimum Gasteiger partial charge on any atom is -0.366 e. The number of benzene rings is 2. The first kappa shape index (κ1) is 16.3. The lowest BCUT2D eigenvalue weighted by molar-refractivity contribution is -0.112. The van der Waals surface area contributed by atoms with E-state index in [0.29, 0.717) is 10.6 Å². The number of para-hydroxylation sites is 1. The first-order chi connectivity index (χ1) is 11.0. The molecule has 0 radical (unpaired) electrons. The van der Waals surface area contributed by atoms with Gasteiger partial charge in [-0.3, -0.25) is 9.59 Å². The molecule has 2 aromatic rings. The van der Waals surface area contributed by atoms with Gasteiger partial charge in [-0.25, -0.2) is 0 Å². The van der Waals surface area contributed by atoms with Crippen LogP contribution < -0.4 is 11.1 Å². The molecule has 0 aliphatic heterocycles. The van der Waals surface area contributed by atoms with Gasteiger partial charge in [0.15, 0.2) is 0 Å². The van der Waals surface area contributed by atoms with Gasteiger partial charge >= 0.3 is 0 Å². The second-order valence-corrected chi connectivity index (χ2v) is 5.02. The van der Waals surface area contributed by atoms with Crippen LogP contribution in [0.4, 0.5) is 5.69 Å². The van der Waals surface area contributed by atoms with Crippen molar-refractivity contribution >= 4 is 35.2 Å². The molecule has 0 aromatic heterocycles. The smallest absolute Gasteiger partial charge is 0.266 e. The maximum atomic E-state index is 12.2. The summed E-state index contributed by atoms with van der Waals surface area (Å²) in [6.45, 7) is 0. The first-order valence-electron chi connectivity index (χ1n) is 6.59. The molecule has 2 amide bonds. The number of nitrogens with one attached hydrogen (secondary N) is 1. The van der Waals surface area contributed by atoms with Crippen molar-refractivity contribution in [2.24, 2.45) is 5.73 Å². The minimum absolute atomic E-state index is 0.105. The predicted octanol–water partition coefficient (Wildman–Crippen LogP) is 2.98. The number of hydrogen-bond acceptors (Lipinski definition) is 3. The van der Waals surface area contributed by atoms with E-state index in [2.05, 4.69) is 5.32 Å². The molecule has 5 nitrogen and oxygen atoms in total. The summed E-state index contributed by atoms with van der Waals surface area (Å²) in [5, 5.41) is 12.2. The summed E-state index contributed by atoms with van der Waals surface area (Å²) in [5.41, 5.74) is 6.23. The number of primary amides is 1. The minimum atomic E-state index is -0.666. The number of anilines is 1. The van der Waals surface area contributed by atoms with Crippen molar-refractivity contribution in [3.63, 3.8) is 0 Å². The molecule has 0 fully saturated rings. The van der Waals surface area contributed by atoms with Crippen molar-refractivity contribution in [2.75, 3.05) is 5.32 Å². The lowest BCUT2D eigenvalue weighted by Gasteiger charge is -2.08. The molecule has 0 atom stereocenters. The number of carbonyl (C=O) groups is 2. The van der Waals surface area contributed by atoms with Gasteiger partial charge < -0.3 is 11.1 Å². The molecule has 2 rings (SSSR count). The quantitative estimate of drug-likeness (QED) is 0.668. The number of nitrogens with zero attached hydrogens (tertiary/aromatic N) is 1. The van der Waals surface area contributed by atoms with Gasteiger partial charge in [0.05, 0.1) is 11.3 Å². The fourth-order valence-electron chi connectivity index (χ4n) is 1.87. The van der Waals surface area contributed by atoms with Crippen molar-refractivity contribution in [3.8, 4) is 6.07 Å². The summed E-state index contributed by atoms with van der Waals surface area (Å²) < 4.78 is 0. The normalized spacial score (nSPS) is 10.7. The summed E-state index contributed by atoms with van der Waals surface area (Å²) in [7, 11) is 0.